The SMILES string of the molecule is COC(C(=O)O)C(O)C(=O)O.OCCCCOCCCCOCCCCO. The quantitative estimate of drug-likeness (QED) is 0.209. The maximum atomic E-state index is 10.1. The Hall–Kier alpha value is -1.30. The first-order valence-electron chi connectivity index (χ1n) is 8.96. The summed E-state index contributed by atoms with van der Waals surface area (Å²) in [6.07, 6.45) is 1.84. The number of unbranched alkanes of at least 4 members (excludes halogenated alkanes) is 3. The third kappa shape index (κ3) is 19.3. The van der Waals surface area contributed by atoms with Gasteiger partial charge in [0.2, 0.25) is 0 Å². The molecular formula is C17H34O10. The van der Waals surface area contributed by atoms with Crippen LogP contribution in [0.2, 0.25) is 0 Å². The summed E-state index contributed by atoms with van der Waals surface area (Å²) in [7, 11) is 1.00. The summed E-state index contributed by atoms with van der Waals surface area (Å²) in [5.41, 5.74) is 0. The van der Waals surface area contributed by atoms with Gasteiger partial charge in [0.1, 0.15) is 0 Å². The predicted octanol–water partition coefficient (Wildman–Crippen LogP) is -0.124. The van der Waals surface area contributed by atoms with Crippen LogP contribution in [0.25, 0.3) is 0 Å². The average molecular weight is 398 g/mol. The molecule has 0 spiro atoms. The second kappa shape index (κ2) is 21.0. The first kappa shape index (κ1) is 27.9. The molecule has 2 atom stereocenters. The summed E-state index contributed by atoms with van der Waals surface area (Å²) in [6, 6.07) is 0. The third-order valence-corrected chi connectivity index (χ3v) is 3.26. The van der Waals surface area contributed by atoms with Crippen molar-refractivity contribution in [2.24, 2.45) is 0 Å². The molecule has 0 saturated carbocycles. The Labute approximate surface area is 159 Å². The molecule has 0 radical (unpaired) electrons. The molecule has 0 bridgehead atoms. The molecule has 0 aromatic carbocycles. The molecule has 0 aromatic rings. The van der Waals surface area contributed by atoms with Gasteiger partial charge in [0.15, 0.2) is 12.2 Å². The molecule has 0 saturated heterocycles. The van der Waals surface area contributed by atoms with Crippen LogP contribution in [-0.4, -0.2) is 96.4 Å². The summed E-state index contributed by atoms with van der Waals surface area (Å²) in [6.45, 7) is 3.57. The molecule has 10 heteroatoms. The van der Waals surface area contributed by atoms with E-state index in [1.54, 1.807) is 0 Å². The van der Waals surface area contributed by atoms with E-state index in [9.17, 15) is 9.59 Å². The molecular weight excluding hydrogens is 364 g/mol. The van der Waals surface area contributed by atoms with Crippen molar-refractivity contribution in [2.75, 3.05) is 46.8 Å². The second-order valence-electron chi connectivity index (χ2n) is 5.57. The van der Waals surface area contributed by atoms with Gasteiger partial charge in [-0.2, -0.15) is 0 Å². The number of ether oxygens (including phenoxy) is 3. The van der Waals surface area contributed by atoms with Gasteiger partial charge in [-0.15, -0.1) is 0 Å². The number of hydrogen-bond donors (Lipinski definition) is 5. The van der Waals surface area contributed by atoms with E-state index in [1.807, 2.05) is 0 Å². The average Bonchev–Trinajstić information content (AvgIpc) is 2.63. The fourth-order valence-corrected chi connectivity index (χ4v) is 1.74. The van der Waals surface area contributed by atoms with Crippen molar-refractivity contribution in [1.29, 1.82) is 0 Å². The van der Waals surface area contributed by atoms with Gasteiger partial charge < -0.3 is 39.7 Å². The van der Waals surface area contributed by atoms with E-state index >= 15 is 0 Å². The van der Waals surface area contributed by atoms with Gasteiger partial charge in [0.25, 0.3) is 0 Å². The van der Waals surface area contributed by atoms with Crippen molar-refractivity contribution in [3.63, 3.8) is 0 Å². The molecule has 10 nitrogen and oxygen atoms in total. The molecule has 5 N–H and O–H groups in total. The van der Waals surface area contributed by atoms with Gasteiger partial charge in [0, 0.05) is 46.8 Å². The molecule has 2 unspecified atom stereocenters. The monoisotopic (exact) mass is 398 g/mol. The standard InChI is InChI=1S/C12H26O4.C5H8O6/c13-7-1-3-9-15-11-5-6-12-16-10-4-2-8-14;1-11-3(5(9)10)2(6)4(7)8/h13-14H,1-12H2;2-3,6H,1H3,(H,7,8)(H,9,10). The van der Waals surface area contributed by atoms with Crippen LogP contribution in [0.1, 0.15) is 38.5 Å². The third-order valence-electron chi connectivity index (χ3n) is 3.26. The lowest BCUT2D eigenvalue weighted by atomic mass is 10.2. The number of hydrogen-bond acceptors (Lipinski definition) is 8. The molecule has 162 valence electrons. The van der Waals surface area contributed by atoms with E-state index in [4.69, 9.17) is 35.0 Å². The van der Waals surface area contributed by atoms with Crippen LogP contribution < -0.4 is 0 Å². The van der Waals surface area contributed by atoms with E-state index in [0.717, 1.165) is 72.1 Å². The second-order valence-corrected chi connectivity index (χ2v) is 5.57. The number of carboxylic acids is 2. The van der Waals surface area contributed by atoms with E-state index in [-0.39, 0.29) is 13.2 Å². The molecule has 0 fully saturated rings. The topological polar surface area (TPSA) is 163 Å². The van der Waals surface area contributed by atoms with Crippen LogP contribution in [0, 0.1) is 0 Å². The van der Waals surface area contributed by atoms with Crippen molar-refractivity contribution >= 4 is 11.9 Å². The van der Waals surface area contributed by atoms with Crippen LogP contribution in [0.3, 0.4) is 0 Å². The Bertz CT molecular complexity index is 337. The first-order valence-corrected chi connectivity index (χ1v) is 8.96. The van der Waals surface area contributed by atoms with Gasteiger partial charge in [-0.05, 0) is 38.5 Å². The zero-order valence-corrected chi connectivity index (χ0v) is 15.9. The van der Waals surface area contributed by atoms with Crippen LogP contribution in [0.15, 0.2) is 0 Å². The van der Waals surface area contributed by atoms with Gasteiger partial charge in [0.05, 0.1) is 0 Å². The molecule has 0 rings (SSSR count). The number of aliphatic carboxylic acids is 2. The Morgan fingerprint density at radius 1 is 0.741 bits per heavy atom. The van der Waals surface area contributed by atoms with Gasteiger partial charge in [-0.1, -0.05) is 0 Å². The summed E-state index contributed by atoms with van der Waals surface area (Å²) < 4.78 is 15.0. The van der Waals surface area contributed by atoms with E-state index < -0.39 is 24.1 Å². The zero-order chi connectivity index (χ0) is 20.9. The van der Waals surface area contributed by atoms with Crippen molar-refractivity contribution in [1.82, 2.24) is 0 Å². The van der Waals surface area contributed by atoms with Crippen molar-refractivity contribution in [3.05, 3.63) is 0 Å². The molecule has 0 amide bonds. The molecule has 0 heterocycles. The lowest BCUT2D eigenvalue weighted by Crippen LogP contribution is -2.40. The predicted molar refractivity (Wildman–Crippen MR) is 95.6 cm³/mol. The first-order chi connectivity index (χ1) is 12.9. The lowest BCUT2D eigenvalue weighted by Gasteiger charge is -2.12. The highest BCUT2D eigenvalue weighted by Gasteiger charge is 2.31. The fraction of sp³-hybridized carbons (Fsp3) is 0.882. The minimum Gasteiger partial charge on any atom is -0.479 e. The summed E-state index contributed by atoms with van der Waals surface area (Å²) in [5, 5.41) is 42.1. The number of aliphatic hydroxyl groups excluding tert-OH is 3. The number of rotatable bonds is 17. The highest BCUT2D eigenvalue weighted by atomic mass is 16.5. The van der Waals surface area contributed by atoms with Gasteiger partial charge in [-0.25, -0.2) is 9.59 Å². The van der Waals surface area contributed by atoms with Crippen LogP contribution >= 0.6 is 0 Å². The maximum absolute atomic E-state index is 10.1. The number of methoxy groups -OCH3 is 1. The highest BCUT2D eigenvalue weighted by molar-refractivity contribution is 5.83. The Morgan fingerprint density at radius 3 is 1.33 bits per heavy atom. The maximum Gasteiger partial charge on any atom is 0.336 e. The number of aliphatic hydroxyl groups is 3. The largest absolute Gasteiger partial charge is 0.479 e. The lowest BCUT2D eigenvalue weighted by molar-refractivity contribution is -0.168. The van der Waals surface area contributed by atoms with Gasteiger partial charge in [-0.3, -0.25) is 0 Å². The minimum atomic E-state index is -2.03. The van der Waals surface area contributed by atoms with Crippen molar-refractivity contribution < 1.29 is 49.3 Å². The minimum absolute atomic E-state index is 0.255. The van der Waals surface area contributed by atoms with Crippen molar-refractivity contribution in [2.45, 2.75) is 50.7 Å². The van der Waals surface area contributed by atoms with Gasteiger partial charge >= 0.3 is 11.9 Å². The fourth-order valence-electron chi connectivity index (χ4n) is 1.74. The molecule has 0 aliphatic carbocycles. The summed E-state index contributed by atoms with van der Waals surface area (Å²) in [4.78, 5) is 20.1. The molecule has 27 heavy (non-hydrogen) atoms. The zero-order valence-electron chi connectivity index (χ0n) is 15.9. The number of carbonyl (C=O) groups is 2. The molecule has 0 aromatic heterocycles. The van der Waals surface area contributed by atoms with E-state index in [2.05, 4.69) is 4.74 Å². The highest BCUT2D eigenvalue weighted by Crippen LogP contribution is 1.98. The van der Waals surface area contributed by atoms with E-state index in [0.29, 0.717) is 0 Å². The Morgan fingerprint density at radius 2 is 1.11 bits per heavy atom. The molecule has 0 aliphatic heterocycles. The van der Waals surface area contributed by atoms with E-state index in [1.165, 1.54) is 0 Å². The normalized spacial score (nSPS) is 12.7. The van der Waals surface area contributed by atoms with Crippen LogP contribution in [0.5, 0.6) is 0 Å². The number of carboxylic acid groups (broad SMARTS) is 2. The summed E-state index contributed by atoms with van der Waals surface area (Å²) >= 11 is 0. The van der Waals surface area contributed by atoms with Crippen LogP contribution in [-0.2, 0) is 23.8 Å². The van der Waals surface area contributed by atoms with Crippen LogP contribution in [0.4, 0.5) is 0 Å². The Kier molecular flexibility index (Phi) is 21.7. The smallest absolute Gasteiger partial charge is 0.336 e. The van der Waals surface area contributed by atoms with Crippen molar-refractivity contribution in [3.8, 4) is 0 Å². The Balaban J connectivity index is 0. The summed E-state index contributed by atoms with van der Waals surface area (Å²) in [5.74, 6) is -3.14. The molecule has 0 aliphatic rings.